The highest BCUT2D eigenvalue weighted by Crippen LogP contribution is 2.17. The Hall–Kier alpha value is -2.45. The van der Waals surface area contributed by atoms with Crippen molar-refractivity contribution in [2.45, 2.75) is 6.54 Å². The zero-order chi connectivity index (χ0) is 12.1. The van der Waals surface area contributed by atoms with Crippen LogP contribution in [0.3, 0.4) is 0 Å². The Labute approximate surface area is 96.6 Å². The second-order valence-corrected chi connectivity index (χ2v) is 2.96. The lowest BCUT2D eigenvalue weighted by Crippen LogP contribution is -2.06. The third-order valence-electron chi connectivity index (χ3n) is 1.89. The summed E-state index contributed by atoms with van der Waals surface area (Å²) in [4.78, 5) is 8.18. The van der Waals surface area contributed by atoms with E-state index in [2.05, 4.69) is 35.9 Å². The second-order valence-electron chi connectivity index (χ2n) is 2.96. The second kappa shape index (κ2) is 5.05. The predicted molar refractivity (Wildman–Crippen MR) is 56.6 cm³/mol. The molecule has 0 aromatic carbocycles. The van der Waals surface area contributed by atoms with Gasteiger partial charge in [0, 0.05) is 0 Å². The fourth-order valence-corrected chi connectivity index (χ4v) is 1.11. The van der Waals surface area contributed by atoms with Gasteiger partial charge in [0.2, 0.25) is 17.7 Å². The number of ether oxygens (including phenoxy) is 2. The zero-order valence-corrected chi connectivity index (χ0v) is 9.34. The van der Waals surface area contributed by atoms with Gasteiger partial charge in [-0.3, -0.25) is 0 Å². The summed E-state index contributed by atoms with van der Waals surface area (Å²) in [7, 11) is 3.04. The molecule has 2 aromatic heterocycles. The van der Waals surface area contributed by atoms with E-state index in [-0.39, 0.29) is 0 Å². The molecule has 0 amide bonds. The predicted octanol–water partition coefficient (Wildman–Crippen LogP) is -0.381. The molecule has 9 nitrogen and oxygen atoms in total. The van der Waals surface area contributed by atoms with Crippen molar-refractivity contribution < 1.29 is 9.47 Å². The first-order chi connectivity index (χ1) is 8.31. The molecule has 0 spiro atoms. The van der Waals surface area contributed by atoms with Crippen molar-refractivity contribution in [2.75, 3.05) is 19.5 Å². The summed E-state index contributed by atoms with van der Waals surface area (Å²) in [5, 5.41) is 16.3. The van der Waals surface area contributed by atoms with Gasteiger partial charge in [0.1, 0.15) is 0 Å². The molecule has 0 unspecified atom stereocenters. The van der Waals surface area contributed by atoms with E-state index in [4.69, 9.17) is 9.47 Å². The molecule has 0 fully saturated rings. The molecule has 0 aliphatic carbocycles. The summed E-state index contributed by atoms with van der Waals surface area (Å²) in [5.41, 5.74) is 0. The largest absolute Gasteiger partial charge is 0.481 e. The molecule has 0 radical (unpaired) electrons. The Balaban J connectivity index is 2.09. The monoisotopic (exact) mass is 237 g/mol. The summed E-state index contributed by atoms with van der Waals surface area (Å²) in [6, 6.07) is 1.58. The number of rotatable bonds is 5. The third-order valence-corrected chi connectivity index (χ3v) is 1.89. The van der Waals surface area contributed by atoms with Gasteiger partial charge in [0.25, 0.3) is 0 Å². The fourth-order valence-electron chi connectivity index (χ4n) is 1.11. The molecule has 2 aromatic rings. The minimum absolute atomic E-state index is 0.354. The molecule has 0 bridgehead atoms. The van der Waals surface area contributed by atoms with Crippen LogP contribution < -0.4 is 14.8 Å². The molecule has 2 N–H and O–H groups in total. The Kier molecular flexibility index (Phi) is 3.28. The molecule has 0 aliphatic rings. The normalized spacial score (nSPS) is 10.0. The molecule has 2 rings (SSSR count). The van der Waals surface area contributed by atoms with Crippen LogP contribution in [0.25, 0.3) is 0 Å². The Morgan fingerprint density at radius 3 is 2.47 bits per heavy atom. The summed E-state index contributed by atoms with van der Waals surface area (Å²) < 4.78 is 10.0. The number of methoxy groups -OCH3 is 2. The first-order valence-corrected chi connectivity index (χ1v) is 4.75. The first-order valence-electron chi connectivity index (χ1n) is 4.75. The smallest absolute Gasteiger partial charge is 0.229 e. The quantitative estimate of drug-likeness (QED) is 0.723. The van der Waals surface area contributed by atoms with Crippen molar-refractivity contribution in [1.29, 1.82) is 0 Å². The van der Waals surface area contributed by atoms with Gasteiger partial charge in [-0.15, -0.1) is 10.2 Å². The maximum atomic E-state index is 5.01. The van der Waals surface area contributed by atoms with Crippen LogP contribution in [0, 0.1) is 0 Å². The highest BCUT2D eigenvalue weighted by atomic mass is 16.5. The minimum Gasteiger partial charge on any atom is -0.481 e. The van der Waals surface area contributed by atoms with E-state index < -0.39 is 0 Å². The number of anilines is 1. The maximum absolute atomic E-state index is 5.01. The lowest BCUT2D eigenvalue weighted by Gasteiger charge is -2.06. The van der Waals surface area contributed by atoms with Crippen LogP contribution >= 0.6 is 0 Å². The van der Waals surface area contributed by atoms with E-state index in [0.717, 1.165) is 0 Å². The maximum Gasteiger partial charge on any atom is 0.229 e. The SMILES string of the molecule is COc1cc(OC)nc(NCc2nn[nH]n2)n1. The van der Waals surface area contributed by atoms with E-state index in [1.54, 1.807) is 6.07 Å². The topological polar surface area (TPSA) is 111 Å². The number of aromatic nitrogens is 6. The molecule has 0 saturated carbocycles. The van der Waals surface area contributed by atoms with Gasteiger partial charge >= 0.3 is 0 Å². The Morgan fingerprint density at radius 1 is 1.24 bits per heavy atom. The molecule has 0 atom stereocenters. The van der Waals surface area contributed by atoms with E-state index in [9.17, 15) is 0 Å². The lowest BCUT2D eigenvalue weighted by atomic mass is 10.5. The summed E-state index contributed by atoms with van der Waals surface area (Å²) in [6.07, 6.45) is 0. The molecule has 2 heterocycles. The van der Waals surface area contributed by atoms with Crippen molar-refractivity contribution in [3.8, 4) is 11.8 Å². The van der Waals surface area contributed by atoms with Crippen LogP contribution in [0.4, 0.5) is 5.95 Å². The highest BCUT2D eigenvalue weighted by molar-refractivity contribution is 5.33. The van der Waals surface area contributed by atoms with Crippen LogP contribution in [-0.2, 0) is 6.54 Å². The van der Waals surface area contributed by atoms with Gasteiger partial charge in [0.05, 0.1) is 26.8 Å². The van der Waals surface area contributed by atoms with Crippen molar-refractivity contribution in [2.24, 2.45) is 0 Å². The number of nitrogens with zero attached hydrogens (tertiary/aromatic N) is 5. The van der Waals surface area contributed by atoms with E-state index >= 15 is 0 Å². The Morgan fingerprint density at radius 2 is 1.94 bits per heavy atom. The molecule has 0 aliphatic heterocycles. The van der Waals surface area contributed by atoms with Crippen LogP contribution in [0.5, 0.6) is 11.8 Å². The van der Waals surface area contributed by atoms with Crippen molar-refractivity contribution in [3.05, 3.63) is 11.9 Å². The van der Waals surface area contributed by atoms with Gasteiger partial charge in [-0.2, -0.15) is 15.2 Å². The third kappa shape index (κ3) is 2.77. The number of H-pyrrole nitrogens is 1. The summed E-state index contributed by atoms with van der Waals surface area (Å²) in [5.74, 6) is 1.70. The molecule has 0 saturated heterocycles. The summed E-state index contributed by atoms with van der Waals surface area (Å²) in [6.45, 7) is 0.354. The number of hydrogen-bond acceptors (Lipinski definition) is 8. The lowest BCUT2D eigenvalue weighted by molar-refractivity contribution is 0.373. The molecule has 17 heavy (non-hydrogen) atoms. The zero-order valence-electron chi connectivity index (χ0n) is 9.34. The average molecular weight is 237 g/mol. The number of hydrogen-bond donors (Lipinski definition) is 2. The van der Waals surface area contributed by atoms with Crippen LogP contribution in [0.1, 0.15) is 5.82 Å². The number of tetrazole rings is 1. The van der Waals surface area contributed by atoms with Crippen molar-refractivity contribution in [3.63, 3.8) is 0 Å². The minimum atomic E-state index is 0.354. The number of aromatic amines is 1. The van der Waals surface area contributed by atoms with Crippen LogP contribution in [-0.4, -0.2) is 44.8 Å². The molecule has 9 heteroatoms. The van der Waals surface area contributed by atoms with E-state index in [0.29, 0.717) is 30.1 Å². The summed E-state index contributed by atoms with van der Waals surface area (Å²) >= 11 is 0. The Bertz CT molecular complexity index is 450. The molecular formula is C8H11N7O2. The molecular weight excluding hydrogens is 226 g/mol. The van der Waals surface area contributed by atoms with Crippen molar-refractivity contribution >= 4 is 5.95 Å². The fraction of sp³-hybridized carbons (Fsp3) is 0.375. The number of nitrogens with one attached hydrogen (secondary N) is 2. The van der Waals surface area contributed by atoms with E-state index in [1.807, 2.05) is 0 Å². The van der Waals surface area contributed by atoms with Crippen molar-refractivity contribution in [1.82, 2.24) is 30.6 Å². The van der Waals surface area contributed by atoms with Gasteiger partial charge < -0.3 is 14.8 Å². The van der Waals surface area contributed by atoms with E-state index in [1.165, 1.54) is 14.2 Å². The average Bonchev–Trinajstić information content (AvgIpc) is 2.89. The van der Waals surface area contributed by atoms with Gasteiger partial charge in [-0.1, -0.05) is 5.21 Å². The molecule has 90 valence electrons. The van der Waals surface area contributed by atoms with Crippen LogP contribution in [0.15, 0.2) is 6.07 Å². The van der Waals surface area contributed by atoms with Gasteiger partial charge in [-0.05, 0) is 0 Å². The first kappa shape index (κ1) is 11.0. The van der Waals surface area contributed by atoms with Gasteiger partial charge in [0.15, 0.2) is 5.82 Å². The van der Waals surface area contributed by atoms with Gasteiger partial charge in [-0.25, -0.2) is 0 Å². The highest BCUT2D eigenvalue weighted by Gasteiger charge is 2.06. The van der Waals surface area contributed by atoms with Crippen LogP contribution in [0.2, 0.25) is 0 Å². The standard InChI is InChI=1S/C8H11N7O2/c1-16-6-3-7(17-2)11-8(10-6)9-4-5-12-14-15-13-5/h3H,4H2,1-2H3,(H,9,10,11)(H,12,13,14,15).